The average Bonchev–Trinajstić information content (AvgIpc) is 2.03. The molecule has 72 valence electrons. The Morgan fingerprint density at radius 1 is 1.67 bits per heavy atom. The molecule has 1 amide bonds. The highest BCUT2D eigenvalue weighted by Crippen LogP contribution is 1.96. The molecular weight excluding hydrogens is 156 g/mol. The van der Waals surface area contributed by atoms with Gasteiger partial charge in [-0.1, -0.05) is 6.92 Å². The maximum atomic E-state index is 11.1. The standard InChI is InChI=1S/C8H18N2O2/c1-3-7(4-5-11)10-8(12)6(2)9/h6-7,11H,3-5,9H2,1-2H3,(H,10,12). The molecule has 0 saturated carbocycles. The number of carbonyl (C=O) groups excluding carboxylic acids is 1. The molecule has 0 aromatic heterocycles. The van der Waals surface area contributed by atoms with E-state index in [9.17, 15) is 4.79 Å². The molecule has 0 spiro atoms. The van der Waals surface area contributed by atoms with Gasteiger partial charge in [-0.2, -0.15) is 0 Å². The zero-order valence-electron chi connectivity index (χ0n) is 7.71. The lowest BCUT2D eigenvalue weighted by Gasteiger charge is -2.16. The molecule has 0 rings (SSSR count). The van der Waals surface area contributed by atoms with Crippen LogP contribution in [0.1, 0.15) is 26.7 Å². The van der Waals surface area contributed by atoms with Gasteiger partial charge in [-0.3, -0.25) is 4.79 Å². The minimum atomic E-state index is -0.474. The minimum absolute atomic E-state index is 0.0495. The third kappa shape index (κ3) is 4.31. The first-order chi connectivity index (χ1) is 5.61. The molecule has 0 bridgehead atoms. The van der Waals surface area contributed by atoms with Crippen molar-refractivity contribution in [2.24, 2.45) is 5.73 Å². The van der Waals surface area contributed by atoms with Crippen LogP contribution in [0.15, 0.2) is 0 Å². The molecule has 4 nitrogen and oxygen atoms in total. The molecular formula is C8H18N2O2. The number of nitrogens with two attached hydrogens (primary N) is 1. The van der Waals surface area contributed by atoms with E-state index >= 15 is 0 Å². The lowest BCUT2D eigenvalue weighted by molar-refractivity contribution is -0.122. The van der Waals surface area contributed by atoms with Crippen molar-refractivity contribution >= 4 is 5.91 Å². The molecule has 2 atom stereocenters. The lowest BCUT2D eigenvalue weighted by atomic mass is 10.1. The molecule has 12 heavy (non-hydrogen) atoms. The van der Waals surface area contributed by atoms with Gasteiger partial charge in [0.15, 0.2) is 0 Å². The van der Waals surface area contributed by atoms with E-state index in [1.165, 1.54) is 0 Å². The summed E-state index contributed by atoms with van der Waals surface area (Å²) in [5.41, 5.74) is 5.36. The fraction of sp³-hybridized carbons (Fsp3) is 0.875. The zero-order chi connectivity index (χ0) is 9.56. The number of hydrogen-bond donors (Lipinski definition) is 3. The number of carbonyl (C=O) groups is 1. The number of nitrogens with one attached hydrogen (secondary N) is 1. The van der Waals surface area contributed by atoms with Crippen molar-refractivity contribution in [3.8, 4) is 0 Å². The number of aliphatic hydroxyl groups excluding tert-OH is 1. The van der Waals surface area contributed by atoms with Crippen LogP contribution in [0.5, 0.6) is 0 Å². The third-order valence-corrected chi connectivity index (χ3v) is 1.73. The highest BCUT2D eigenvalue weighted by atomic mass is 16.3. The SMILES string of the molecule is CCC(CCO)NC(=O)C(C)N. The second kappa shape index (κ2) is 5.97. The Labute approximate surface area is 73.1 Å². The Balaban J connectivity index is 3.77. The van der Waals surface area contributed by atoms with Crippen LogP contribution in [0.25, 0.3) is 0 Å². The van der Waals surface area contributed by atoms with E-state index < -0.39 is 6.04 Å². The first kappa shape index (κ1) is 11.4. The van der Waals surface area contributed by atoms with E-state index in [1.54, 1.807) is 6.92 Å². The van der Waals surface area contributed by atoms with E-state index in [1.807, 2.05) is 6.92 Å². The van der Waals surface area contributed by atoms with Crippen LogP contribution in [0, 0.1) is 0 Å². The Hall–Kier alpha value is -0.610. The van der Waals surface area contributed by atoms with Crippen LogP contribution >= 0.6 is 0 Å². The van der Waals surface area contributed by atoms with Crippen molar-refractivity contribution < 1.29 is 9.90 Å². The predicted molar refractivity (Wildman–Crippen MR) is 47.6 cm³/mol. The third-order valence-electron chi connectivity index (χ3n) is 1.73. The second-order valence-corrected chi connectivity index (χ2v) is 2.91. The molecule has 0 fully saturated rings. The maximum Gasteiger partial charge on any atom is 0.236 e. The first-order valence-electron chi connectivity index (χ1n) is 4.28. The molecule has 0 aliphatic heterocycles. The smallest absolute Gasteiger partial charge is 0.236 e. The maximum absolute atomic E-state index is 11.1. The number of aliphatic hydroxyl groups is 1. The zero-order valence-corrected chi connectivity index (χ0v) is 7.71. The average molecular weight is 174 g/mol. The van der Waals surface area contributed by atoms with Crippen molar-refractivity contribution in [3.05, 3.63) is 0 Å². The molecule has 4 heteroatoms. The molecule has 0 aliphatic carbocycles. The number of amides is 1. The molecule has 0 aromatic rings. The second-order valence-electron chi connectivity index (χ2n) is 2.91. The van der Waals surface area contributed by atoms with E-state index in [-0.39, 0.29) is 18.6 Å². The summed E-state index contributed by atoms with van der Waals surface area (Å²) in [6.07, 6.45) is 1.41. The van der Waals surface area contributed by atoms with Crippen molar-refractivity contribution in [1.29, 1.82) is 0 Å². The minimum Gasteiger partial charge on any atom is -0.396 e. The highest BCUT2D eigenvalue weighted by molar-refractivity contribution is 5.81. The fourth-order valence-corrected chi connectivity index (χ4v) is 0.867. The summed E-state index contributed by atoms with van der Waals surface area (Å²) >= 11 is 0. The number of rotatable bonds is 5. The quantitative estimate of drug-likeness (QED) is 0.531. The van der Waals surface area contributed by atoms with E-state index in [0.717, 1.165) is 6.42 Å². The van der Waals surface area contributed by atoms with Gasteiger partial charge in [0, 0.05) is 12.6 Å². The summed E-state index contributed by atoms with van der Waals surface area (Å²) in [7, 11) is 0. The van der Waals surface area contributed by atoms with Crippen LogP contribution in [0.4, 0.5) is 0 Å². The van der Waals surface area contributed by atoms with Gasteiger partial charge in [0.2, 0.25) is 5.91 Å². The molecule has 2 unspecified atom stereocenters. The monoisotopic (exact) mass is 174 g/mol. The Bertz CT molecular complexity index is 137. The molecule has 0 radical (unpaired) electrons. The Kier molecular flexibility index (Phi) is 5.66. The van der Waals surface area contributed by atoms with Crippen LogP contribution in [0.2, 0.25) is 0 Å². The largest absolute Gasteiger partial charge is 0.396 e. The van der Waals surface area contributed by atoms with Crippen LogP contribution in [0.3, 0.4) is 0 Å². The normalized spacial score (nSPS) is 15.3. The van der Waals surface area contributed by atoms with Gasteiger partial charge in [0.25, 0.3) is 0 Å². The van der Waals surface area contributed by atoms with Gasteiger partial charge < -0.3 is 16.2 Å². The van der Waals surface area contributed by atoms with Crippen molar-refractivity contribution in [1.82, 2.24) is 5.32 Å². The van der Waals surface area contributed by atoms with Gasteiger partial charge in [0.05, 0.1) is 6.04 Å². The predicted octanol–water partition coefficient (Wildman–Crippen LogP) is -0.389. The summed E-state index contributed by atoms with van der Waals surface area (Å²) in [4.78, 5) is 11.1. The topological polar surface area (TPSA) is 75.3 Å². The van der Waals surface area contributed by atoms with E-state index in [4.69, 9.17) is 10.8 Å². The molecule has 0 heterocycles. The summed E-state index contributed by atoms with van der Waals surface area (Å²) in [5.74, 6) is -0.157. The summed E-state index contributed by atoms with van der Waals surface area (Å²) in [6, 6.07) is -0.425. The van der Waals surface area contributed by atoms with Crippen molar-refractivity contribution in [2.75, 3.05) is 6.61 Å². The number of hydrogen-bond acceptors (Lipinski definition) is 3. The molecule has 0 aromatic carbocycles. The van der Waals surface area contributed by atoms with Gasteiger partial charge in [-0.25, -0.2) is 0 Å². The summed E-state index contributed by atoms with van der Waals surface area (Å²) in [6.45, 7) is 3.69. The van der Waals surface area contributed by atoms with Gasteiger partial charge >= 0.3 is 0 Å². The fourth-order valence-electron chi connectivity index (χ4n) is 0.867. The Morgan fingerprint density at radius 3 is 2.58 bits per heavy atom. The van der Waals surface area contributed by atoms with Gasteiger partial charge in [-0.05, 0) is 19.8 Å². The van der Waals surface area contributed by atoms with Gasteiger partial charge in [0.1, 0.15) is 0 Å². The molecule has 0 saturated heterocycles. The van der Waals surface area contributed by atoms with Crippen LogP contribution in [-0.4, -0.2) is 29.7 Å². The van der Waals surface area contributed by atoms with Crippen molar-refractivity contribution in [3.63, 3.8) is 0 Å². The highest BCUT2D eigenvalue weighted by Gasteiger charge is 2.12. The van der Waals surface area contributed by atoms with E-state index in [2.05, 4.69) is 5.32 Å². The molecule has 0 aliphatic rings. The van der Waals surface area contributed by atoms with Crippen LogP contribution < -0.4 is 11.1 Å². The first-order valence-corrected chi connectivity index (χ1v) is 4.28. The van der Waals surface area contributed by atoms with Crippen molar-refractivity contribution in [2.45, 2.75) is 38.8 Å². The summed E-state index contributed by atoms with van der Waals surface area (Å²) < 4.78 is 0. The van der Waals surface area contributed by atoms with Crippen LogP contribution in [-0.2, 0) is 4.79 Å². The van der Waals surface area contributed by atoms with Gasteiger partial charge in [-0.15, -0.1) is 0 Å². The Morgan fingerprint density at radius 2 is 2.25 bits per heavy atom. The van der Waals surface area contributed by atoms with E-state index in [0.29, 0.717) is 6.42 Å². The summed E-state index contributed by atoms with van der Waals surface area (Å²) in [5, 5.41) is 11.4. The lowest BCUT2D eigenvalue weighted by Crippen LogP contribution is -2.43. The molecule has 4 N–H and O–H groups in total.